The normalized spacial score (nSPS) is 10.9. The number of hydrogen-bond acceptors (Lipinski definition) is 4. The van der Waals surface area contributed by atoms with Gasteiger partial charge in [-0.15, -0.1) is 0 Å². The van der Waals surface area contributed by atoms with Crippen molar-refractivity contribution in [3.8, 4) is 0 Å². The number of oxazole rings is 1. The monoisotopic (exact) mass is 275 g/mol. The number of rotatable bonds is 1. The van der Waals surface area contributed by atoms with Crippen molar-refractivity contribution in [2.45, 2.75) is 6.92 Å². The van der Waals surface area contributed by atoms with Gasteiger partial charge in [-0.05, 0) is 18.6 Å². The van der Waals surface area contributed by atoms with Crippen LogP contribution in [-0.2, 0) is 0 Å². The first-order valence-corrected chi connectivity index (χ1v) is 5.02. The number of aryl methyl sites for hydroxylation is 1. The van der Waals surface area contributed by atoms with E-state index in [-0.39, 0.29) is 6.01 Å². The van der Waals surface area contributed by atoms with Gasteiger partial charge in [-0.2, -0.15) is 4.98 Å². The van der Waals surface area contributed by atoms with Crippen LogP contribution in [0, 0.1) is 6.92 Å². The Balaban J connectivity index is 2.84. The van der Waals surface area contributed by atoms with Crippen molar-refractivity contribution in [3.63, 3.8) is 0 Å². The summed E-state index contributed by atoms with van der Waals surface area (Å²) in [5, 5.41) is 0.506. The van der Waals surface area contributed by atoms with E-state index in [0.717, 1.165) is 10.0 Å². The van der Waals surface area contributed by atoms with Crippen LogP contribution in [0.15, 0.2) is 15.0 Å². The van der Waals surface area contributed by atoms with Crippen molar-refractivity contribution in [3.05, 3.63) is 21.1 Å². The Hall–Kier alpha value is -0.780. The lowest BCUT2D eigenvalue weighted by atomic mass is 10.2. The summed E-state index contributed by atoms with van der Waals surface area (Å²) in [6.45, 7) is 1.92. The second-order valence-corrected chi connectivity index (χ2v) is 4.07. The Morgan fingerprint density at radius 3 is 3.00 bits per heavy atom. The van der Waals surface area contributed by atoms with Crippen molar-refractivity contribution in [2.24, 2.45) is 5.84 Å². The molecule has 0 bridgehead atoms. The van der Waals surface area contributed by atoms with Crippen molar-refractivity contribution < 1.29 is 4.42 Å². The number of benzene rings is 1. The molecule has 14 heavy (non-hydrogen) atoms. The highest BCUT2D eigenvalue weighted by atomic mass is 79.9. The van der Waals surface area contributed by atoms with Crippen LogP contribution in [0.5, 0.6) is 0 Å². The Morgan fingerprint density at radius 2 is 2.36 bits per heavy atom. The van der Waals surface area contributed by atoms with E-state index in [2.05, 4.69) is 26.3 Å². The Kier molecular flexibility index (Phi) is 2.38. The predicted octanol–water partition coefficient (Wildman–Crippen LogP) is 2.84. The number of nitrogens with zero attached hydrogens (tertiary/aromatic N) is 1. The Bertz CT molecular complexity index is 497. The molecule has 0 atom stereocenters. The number of hydrogen-bond donors (Lipinski definition) is 2. The van der Waals surface area contributed by atoms with E-state index in [1.54, 1.807) is 6.07 Å². The summed E-state index contributed by atoms with van der Waals surface area (Å²) >= 11 is 9.35. The first-order chi connectivity index (χ1) is 6.63. The minimum absolute atomic E-state index is 0.253. The van der Waals surface area contributed by atoms with Crippen LogP contribution in [0.4, 0.5) is 6.01 Å². The Labute approximate surface area is 93.5 Å². The smallest absolute Gasteiger partial charge is 0.310 e. The fourth-order valence-electron chi connectivity index (χ4n) is 1.20. The third kappa shape index (κ3) is 1.37. The van der Waals surface area contributed by atoms with Crippen molar-refractivity contribution >= 4 is 44.6 Å². The molecule has 3 N–H and O–H groups in total. The van der Waals surface area contributed by atoms with Crippen molar-refractivity contribution in [1.82, 2.24) is 4.98 Å². The lowest BCUT2D eigenvalue weighted by Gasteiger charge is -1.98. The largest absolute Gasteiger partial charge is 0.421 e. The molecule has 0 unspecified atom stereocenters. The Morgan fingerprint density at radius 1 is 1.64 bits per heavy atom. The third-order valence-electron chi connectivity index (χ3n) is 1.93. The topological polar surface area (TPSA) is 64.1 Å². The summed E-state index contributed by atoms with van der Waals surface area (Å²) in [4.78, 5) is 4.14. The molecule has 0 fully saturated rings. The molecule has 1 aromatic heterocycles. The molecule has 0 aliphatic carbocycles. The van der Waals surface area contributed by atoms with E-state index in [0.29, 0.717) is 16.1 Å². The summed E-state index contributed by atoms with van der Waals surface area (Å²) < 4.78 is 6.18. The number of nitrogens with two attached hydrogens (primary N) is 1. The zero-order valence-electron chi connectivity index (χ0n) is 7.27. The van der Waals surface area contributed by atoms with Crippen LogP contribution in [0.3, 0.4) is 0 Å². The minimum Gasteiger partial charge on any atom is -0.421 e. The molecule has 1 heterocycles. The molecule has 0 spiro atoms. The van der Waals surface area contributed by atoms with Gasteiger partial charge in [0.05, 0.1) is 5.02 Å². The summed E-state index contributed by atoms with van der Waals surface area (Å²) in [6.07, 6.45) is 0. The molecule has 0 aliphatic heterocycles. The van der Waals surface area contributed by atoms with Gasteiger partial charge in [0, 0.05) is 4.47 Å². The maximum Gasteiger partial charge on any atom is 0.310 e. The van der Waals surface area contributed by atoms with Crippen LogP contribution in [0.1, 0.15) is 5.56 Å². The maximum absolute atomic E-state index is 5.97. The number of nitrogen functional groups attached to an aromatic ring is 1. The van der Waals surface area contributed by atoms with Gasteiger partial charge in [-0.25, -0.2) is 5.84 Å². The number of aromatic nitrogens is 1. The van der Waals surface area contributed by atoms with E-state index in [1.165, 1.54) is 0 Å². The molecule has 0 saturated carbocycles. The van der Waals surface area contributed by atoms with Crippen LogP contribution < -0.4 is 11.3 Å². The predicted molar refractivity (Wildman–Crippen MR) is 59.3 cm³/mol. The van der Waals surface area contributed by atoms with Gasteiger partial charge < -0.3 is 4.42 Å². The molecule has 1 aromatic carbocycles. The lowest BCUT2D eigenvalue weighted by Crippen LogP contribution is -2.06. The second kappa shape index (κ2) is 3.42. The average molecular weight is 277 g/mol. The van der Waals surface area contributed by atoms with E-state index in [1.807, 2.05) is 6.92 Å². The van der Waals surface area contributed by atoms with Gasteiger partial charge in [0.25, 0.3) is 0 Å². The number of nitrogens with one attached hydrogen (secondary N) is 1. The molecular formula is C8H7BrClN3O. The maximum atomic E-state index is 5.97. The van der Waals surface area contributed by atoms with E-state index in [9.17, 15) is 0 Å². The fraction of sp³-hybridized carbons (Fsp3) is 0.125. The summed E-state index contributed by atoms with van der Waals surface area (Å²) in [5.41, 5.74) is 4.55. The summed E-state index contributed by atoms with van der Waals surface area (Å²) in [7, 11) is 0. The lowest BCUT2D eigenvalue weighted by molar-refractivity contribution is 0.617. The van der Waals surface area contributed by atoms with Gasteiger partial charge in [-0.1, -0.05) is 27.5 Å². The number of halogens is 2. The zero-order valence-corrected chi connectivity index (χ0v) is 9.61. The van der Waals surface area contributed by atoms with Crippen LogP contribution in [0.25, 0.3) is 11.1 Å². The van der Waals surface area contributed by atoms with E-state index >= 15 is 0 Å². The molecule has 2 aromatic rings. The first kappa shape index (κ1) is 9.76. The number of hydrazine groups is 1. The molecule has 2 rings (SSSR count). The average Bonchev–Trinajstić information content (AvgIpc) is 2.58. The van der Waals surface area contributed by atoms with Crippen LogP contribution in [-0.4, -0.2) is 4.98 Å². The van der Waals surface area contributed by atoms with Gasteiger partial charge >= 0.3 is 6.01 Å². The highest BCUT2D eigenvalue weighted by molar-refractivity contribution is 9.10. The van der Waals surface area contributed by atoms with Crippen molar-refractivity contribution in [1.29, 1.82) is 0 Å². The fourth-order valence-corrected chi connectivity index (χ4v) is 1.98. The summed E-state index contributed by atoms with van der Waals surface area (Å²) in [5.74, 6) is 5.19. The summed E-state index contributed by atoms with van der Waals surface area (Å²) in [6, 6.07) is 2.02. The quantitative estimate of drug-likeness (QED) is 0.621. The number of anilines is 1. The first-order valence-electron chi connectivity index (χ1n) is 3.85. The molecule has 0 aliphatic rings. The molecule has 0 saturated heterocycles. The standard InChI is InChI=1S/C8H7BrClN3O/c1-3-4(9)2-5(10)7-6(3)12-8(13-11)14-7/h2H,11H2,1H3,(H,12,13). The van der Waals surface area contributed by atoms with Gasteiger partial charge in [0.15, 0.2) is 5.58 Å². The van der Waals surface area contributed by atoms with Crippen LogP contribution >= 0.6 is 27.5 Å². The highest BCUT2D eigenvalue weighted by Gasteiger charge is 2.13. The highest BCUT2D eigenvalue weighted by Crippen LogP contribution is 2.33. The van der Waals surface area contributed by atoms with E-state index < -0.39 is 0 Å². The second-order valence-electron chi connectivity index (χ2n) is 2.81. The van der Waals surface area contributed by atoms with Gasteiger partial charge in [0.1, 0.15) is 5.52 Å². The van der Waals surface area contributed by atoms with Gasteiger partial charge in [0.2, 0.25) is 0 Å². The van der Waals surface area contributed by atoms with Gasteiger partial charge in [-0.3, -0.25) is 5.43 Å². The molecular weight excluding hydrogens is 269 g/mol. The molecule has 0 amide bonds. The molecule has 74 valence electrons. The third-order valence-corrected chi connectivity index (χ3v) is 3.04. The van der Waals surface area contributed by atoms with Crippen molar-refractivity contribution in [2.75, 3.05) is 5.43 Å². The minimum atomic E-state index is 0.253. The number of fused-ring (bicyclic) bond motifs is 1. The van der Waals surface area contributed by atoms with Crippen LogP contribution in [0.2, 0.25) is 5.02 Å². The molecule has 0 radical (unpaired) electrons. The molecule has 6 heteroatoms. The SMILES string of the molecule is Cc1c(Br)cc(Cl)c2oc(NN)nc12. The zero-order chi connectivity index (χ0) is 10.3. The van der Waals surface area contributed by atoms with E-state index in [4.69, 9.17) is 21.9 Å². The molecule has 4 nitrogen and oxygen atoms in total.